The molecule has 2 fully saturated rings. The van der Waals surface area contributed by atoms with Crippen molar-refractivity contribution in [2.75, 3.05) is 13.2 Å². The highest BCUT2D eigenvalue weighted by Gasteiger charge is 2.47. The van der Waals surface area contributed by atoms with E-state index < -0.39 is 86.1 Å². The van der Waals surface area contributed by atoms with Crippen LogP contribution in [0.3, 0.4) is 0 Å². The summed E-state index contributed by atoms with van der Waals surface area (Å²) in [5.41, 5.74) is 0.480. The van der Waals surface area contributed by atoms with Gasteiger partial charge in [-0.05, 0) is 24.1 Å². The maximum Gasteiger partial charge on any atom is 0.229 e. The molecule has 0 bridgehead atoms. The number of phenols is 1. The summed E-state index contributed by atoms with van der Waals surface area (Å²) < 4.78 is 21.8. The van der Waals surface area contributed by atoms with Gasteiger partial charge in [-0.1, -0.05) is 6.08 Å². The molecule has 0 aromatic heterocycles. The molecule has 0 radical (unpaired) electrons. The van der Waals surface area contributed by atoms with Crippen LogP contribution in [0.25, 0.3) is 0 Å². The first-order chi connectivity index (χ1) is 16.1. The van der Waals surface area contributed by atoms with Crippen molar-refractivity contribution >= 4 is 0 Å². The first-order valence-corrected chi connectivity index (χ1v) is 10.5. The second-order valence-electron chi connectivity index (χ2n) is 8.07. The molecule has 13 heteroatoms. The maximum atomic E-state index is 10.6. The number of phenolic OH excluding ortho intramolecular Hbond substituents is 1. The Labute approximate surface area is 194 Å². The van der Waals surface area contributed by atoms with E-state index in [9.17, 15) is 46.0 Å². The Morgan fingerprint density at radius 1 is 0.765 bits per heavy atom. The van der Waals surface area contributed by atoms with Gasteiger partial charge in [-0.2, -0.15) is 0 Å². The van der Waals surface area contributed by atoms with E-state index >= 15 is 0 Å². The molecule has 3 rings (SSSR count). The molecule has 13 nitrogen and oxygen atoms in total. The summed E-state index contributed by atoms with van der Waals surface area (Å²) >= 11 is 0. The van der Waals surface area contributed by atoms with Crippen LogP contribution in [0.5, 0.6) is 17.2 Å². The van der Waals surface area contributed by atoms with Gasteiger partial charge in [0.25, 0.3) is 0 Å². The lowest BCUT2D eigenvalue weighted by atomic mass is 9.99. The van der Waals surface area contributed by atoms with Crippen LogP contribution in [0.2, 0.25) is 0 Å². The highest BCUT2D eigenvalue weighted by atomic mass is 16.7. The van der Waals surface area contributed by atoms with Crippen LogP contribution >= 0.6 is 0 Å². The van der Waals surface area contributed by atoms with Gasteiger partial charge in [-0.3, -0.25) is 0 Å². The predicted molar refractivity (Wildman–Crippen MR) is 111 cm³/mol. The number of allylic oxidation sites excluding steroid dienone is 1. The van der Waals surface area contributed by atoms with E-state index in [0.29, 0.717) is 5.56 Å². The fourth-order valence-electron chi connectivity index (χ4n) is 3.70. The van der Waals surface area contributed by atoms with E-state index in [2.05, 4.69) is 6.58 Å². The van der Waals surface area contributed by atoms with E-state index in [1.54, 1.807) is 0 Å². The minimum Gasteiger partial charge on any atom is -0.504 e. The van der Waals surface area contributed by atoms with Crippen molar-refractivity contribution in [2.24, 2.45) is 0 Å². The fraction of sp³-hybridized carbons (Fsp3) is 0.619. The molecule has 0 amide bonds. The van der Waals surface area contributed by atoms with Gasteiger partial charge in [-0.15, -0.1) is 6.58 Å². The smallest absolute Gasteiger partial charge is 0.229 e. The second-order valence-corrected chi connectivity index (χ2v) is 8.07. The number of aromatic hydroxyl groups is 1. The van der Waals surface area contributed by atoms with Gasteiger partial charge < -0.3 is 64.9 Å². The van der Waals surface area contributed by atoms with Crippen molar-refractivity contribution in [1.29, 1.82) is 0 Å². The van der Waals surface area contributed by atoms with Crippen LogP contribution in [0.4, 0.5) is 0 Å². The summed E-state index contributed by atoms with van der Waals surface area (Å²) in [5.74, 6) is -1.18. The van der Waals surface area contributed by atoms with Crippen molar-refractivity contribution in [2.45, 2.75) is 67.8 Å². The van der Waals surface area contributed by atoms with Crippen LogP contribution in [0.15, 0.2) is 24.8 Å². The number of ether oxygens (including phenoxy) is 4. The lowest BCUT2D eigenvalue weighted by Crippen LogP contribution is -2.60. The van der Waals surface area contributed by atoms with Gasteiger partial charge in [0.05, 0.1) is 13.2 Å². The summed E-state index contributed by atoms with van der Waals surface area (Å²) in [5, 5.41) is 89.8. The molecule has 2 saturated heterocycles. The Morgan fingerprint density at radius 2 is 1.26 bits per heavy atom. The topological polar surface area (TPSA) is 219 Å². The Bertz CT molecular complexity index is 831. The molecule has 34 heavy (non-hydrogen) atoms. The maximum absolute atomic E-state index is 10.6. The number of rotatable bonds is 8. The molecular weight excluding hydrogens is 460 g/mol. The van der Waals surface area contributed by atoms with Crippen molar-refractivity contribution in [3.63, 3.8) is 0 Å². The summed E-state index contributed by atoms with van der Waals surface area (Å²) in [7, 11) is 0. The minimum atomic E-state index is -1.79. The van der Waals surface area contributed by atoms with Crippen molar-refractivity contribution < 1.29 is 64.9 Å². The predicted octanol–water partition coefficient (Wildman–Crippen LogP) is -3.52. The lowest BCUT2D eigenvalue weighted by molar-refractivity contribution is -0.282. The average Bonchev–Trinajstić information content (AvgIpc) is 2.81. The van der Waals surface area contributed by atoms with E-state index in [0.717, 1.165) is 0 Å². The van der Waals surface area contributed by atoms with Crippen LogP contribution in [-0.4, -0.2) is 121 Å². The average molecular weight is 490 g/mol. The zero-order chi connectivity index (χ0) is 25.2. The molecule has 0 saturated carbocycles. The number of hydrogen-bond acceptors (Lipinski definition) is 13. The molecule has 10 atom stereocenters. The van der Waals surface area contributed by atoms with Crippen LogP contribution in [0.1, 0.15) is 5.56 Å². The summed E-state index contributed by atoms with van der Waals surface area (Å²) in [6.45, 7) is 2.21. The third kappa shape index (κ3) is 5.28. The fourth-order valence-corrected chi connectivity index (χ4v) is 3.70. The standard InChI is InChI=1S/C21H30O13/c1-2-3-8-4-9(24)19(34-21-18(30)16(28)14(26)12(7-23)33-21)10(5-8)31-20-17(29)15(27)13(25)11(6-22)32-20/h2,4-5,11-18,20-30H,1,3,6-7H2/t11-,12-,13-,14-,15+,16+,17-,18-,20?,21?/m1/s1. The third-order valence-electron chi connectivity index (χ3n) is 5.65. The Kier molecular flexibility index (Phi) is 8.70. The van der Waals surface area contributed by atoms with Gasteiger partial charge in [0, 0.05) is 0 Å². The van der Waals surface area contributed by atoms with Gasteiger partial charge in [0.15, 0.2) is 11.5 Å². The molecule has 1 aromatic carbocycles. The first kappa shape index (κ1) is 26.6. The highest BCUT2D eigenvalue weighted by Crippen LogP contribution is 2.41. The van der Waals surface area contributed by atoms with Gasteiger partial charge in [0.2, 0.25) is 18.3 Å². The molecule has 2 aliphatic heterocycles. The zero-order valence-corrected chi connectivity index (χ0v) is 18.0. The third-order valence-corrected chi connectivity index (χ3v) is 5.65. The Hall–Kier alpha value is -2.04. The monoisotopic (exact) mass is 490 g/mol. The summed E-state index contributed by atoms with van der Waals surface area (Å²) in [6, 6.07) is 2.67. The number of aliphatic hydroxyl groups excluding tert-OH is 8. The molecular formula is C21H30O13. The molecule has 9 N–H and O–H groups in total. The van der Waals surface area contributed by atoms with Crippen LogP contribution in [-0.2, 0) is 15.9 Å². The zero-order valence-electron chi connectivity index (χ0n) is 18.0. The van der Waals surface area contributed by atoms with Crippen molar-refractivity contribution in [3.8, 4) is 17.2 Å². The molecule has 2 heterocycles. The normalized spacial score (nSPS) is 38.4. The molecule has 2 unspecified atom stereocenters. The summed E-state index contributed by atoms with van der Waals surface area (Å²) in [4.78, 5) is 0. The lowest BCUT2D eigenvalue weighted by Gasteiger charge is -2.41. The van der Waals surface area contributed by atoms with Gasteiger partial charge in [0.1, 0.15) is 48.8 Å². The Morgan fingerprint density at radius 3 is 1.74 bits per heavy atom. The molecule has 192 valence electrons. The molecule has 1 aromatic rings. The van der Waals surface area contributed by atoms with E-state index in [1.165, 1.54) is 18.2 Å². The van der Waals surface area contributed by atoms with Crippen molar-refractivity contribution in [3.05, 3.63) is 30.4 Å². The SMILES string of the molecule is C=CCc1cc(O)c(OC2O[C@H](CO)[C@@H](O)[C@H](O)[C@H]2O)c(OC2O[C@H](CO)[C@@H](O)[C@H](O)[C@H]2O)c1. The quantitative estimate of drug-likeness (QED) is 0.162. The van der Waals surface area contributed by atoms with Crippen LogP contribution < -0.4 is 9.47 Å². The summed E-state index contributed by atoms with van der Waals surface area (Å²) in [6.07, 6.45) is -14.3. The highest BCUT2D eigenvalue weighted by molar-refractivity contribution is 5.53. The number of benzene rings is 1. The van der Waals surface area contributed by atoms with Crippen molar-refractivity contribution in [1.82, 2.24) is 0 Å². The van der Waals surface area contributed by atoms with E-state index in [4.69, 9.17) is 18.9 Å². The second kappa shape index (κ2) is 11.1. The molecule has 0 spiro atoms. The van der Waals surface area contributed by atoms with E-state index in [-0.39, 0.29) is 12.2 Å². The largest absolute Gasteiger partial charge is 0.504 e. The number of hydrogen-bond donors (Lipinski definition) is 9. The first-order valence-electron chi connectivity index (χ1n) is 10.5. The van der Waals surface area contributed by atoms with Gasteiger partial charge in [-0.25, -0.2) is 0 Å². The van der Waals surface area contributed by atoms with Gasteiger partial charge >= 0.3 is 0 Å². The number of aliphatic hydroxyl groups is 8. The van der Waals surface area contributed by atoms with E-state index in [1.807, 2.05) is 0 Å². The molecule has 0 aliphatic carbocycles. The van der Waals surface area contributed by atoms with Crippen LogP contribution in [0, 0.1) is 0 Å². The molecule has 2 aliphatic rings. The minimum absolute atomic E-state index is 0.252. The Balaban J connectivity index is 1.93.